The molecular formula is C10H10Cl3N3O2. The van der Waals surface area contributed by atoms with Crippen molar-refractivity contribution in [2.24, 2.45) is 5.10 Å². The highest BCUT2D eigenvalue weighted by molar-refractivity contribution is 6.46. The molecule has 0 atom stereocenters. The van der Waals surface area contributed by atoms with Gasteiger partial charge in [0.15, 0.2) is 10.8 Å². The molecule has 0 aromatic carbocycles. The molecule has 0 fully saturated rings. The highest BCUT2D eigenvalue weighted by Gasteiger charge is 2.20. The Labute approximate surface area is 119 Å². The number of hydrazone groups is 1. The lowest BCUT2D eigenvalue weighted by molar-refractivity contribution is 0.0691. The van der Waals surface area contributed by atoms with E-state index in [1.165, 1.54) is 0 Å². The molecule has 0 saturated carbocycles. The largest absolute Gasteiger partial charge is 0.476 e. The molecule has 0 bridgehead atoms. The molecule has 98 valence electrons. The third-order valence-corrected chi connectivity index (χ3v) is 3.22. The van der Waals surface area contributed by atoms with Crippen molar-refractivity contribution in [3.63, 3.8) is 0 Å². The first-order valence-corrected chi connectivity index (χ1v) is 6.08. The number of nitrogens with one attached hydrogen (secondary N) is 1. The quantitative estimate of drug-likeness (QED) is 0.502. The van der Waals surface area contributed by atoms with Gasteiger partial charge in [0.2, 0.25) is 0 Å². The van der Waals surface area contributed by atoms with E-state index in [1.807, 2.05) is 6.92 Å². The smallest absolute Gasteiger partial charge is 0.356 e. The van der Waals surface area contributed by atoms with Gasteiger partial charge in [-0.25, -0.2) is 9.78 Å². The average molecular weight is 311 g/mol. The van der Waals surface area contributed by atoms with Crippen LogP contribution in [0.5, 0.6) is 0 Å². The average Bonchev–Trinajstić information content (AvgIpc) is 2.32. The van der Waals surface area contributed by atoms with Gasteiger partial charge < -0.3 is 5.11 Å². The summed E-state index contributed by atoms with van der Waals surface area (Å²) in [5.41, 5.74) is 3.15. The second-order valence-electron chi connectivity index (χ2n) is 3.37. The van der Waals surface area contributed by atoms with Gasteiger partial charge in [-0.2, -0.15) is 5.10 Å². The number of anilines is 1. The number of hydrogen-bond donors (Lipinski definition) is 2. The molecule has 0 aliphatic heterocycles. The summed E-state index contributed by atoms with van der Waals surface area (Å²) in [5.74, 6) is -1.29. The molecule has 2 N–H and O–H groups in total. The summed E-state index contributed by atoms with van der Waals surface area (Å²) in [6.07, 6.45) is 0.729. The molecule has 5 nitrogen and oxygen atoms in total. The Bertz CT molecular complexity index is 518. The molecule has 0 saturated heterocycles. The van der Waals surface area contributed by atoms with E-state index in [0.29, 0.717) is 0 Å². The number of aromatic nitrogens is 1. The van der Waals surface area contributed by atoms with Crippen LogP contribution in [-0.2, 0) is 0 Å². The van der Waals surface area contributed by atoms with E-state index in [9.17, 15) is 4.79 Å². The van der Waals surface area contributed by atoms with Gasteiger partial charge in [-0.3, -0.25) is 5.43 Å². The number of carboxylic acids is 1. The molecule has 1 rings (SSSR count). The fourth-order valence-corrected chi connectivity index (χ4v) is 1.65. The maximum absolute atomic E-state index is 10.9. The number of aromatic carboxylic acids is 1. The van der Waals surface area contributed by atoms with Gasteiger partial charge >= 0.3 is 5.97 Å². The number of halogens is 3. The lowest BCUT2D eigenvalue weighted by Gasteiger charge is -2.10. The zero-order valence-corrected chi connectivity index (χ0v) is 11.9. The van der Waals surface area contributed by atoms with Gasteiger partial charge in [-0.15, -0.1) is 0 Å². The Hall–Kier alpha value is -1.04. The second-order valence-corrected chi connectivity index (χ2v) is 4.49. The van der Waals surface area contributed by atoms with Crippen LogP contribution in [0.3, 0.4) is 0 Å². The van der Waals surface area contributed by atoms with Gasteiger partial charge in [0, 0.05) is 5.71 Å². The molecule has 0 aliphatic carbocycles. The van der Waals surface area contributed by atoms with E-state index in [4.69, 9.17) is 39.9 Å². The number of hydrogen-bond acceptors (Lipinski definition) is 4. The first kappa shape index (κ1) is 15.0. The van der Waals surface area contributed by atoms with Crippen LogP contribution >= 0.6 is 34.8 Å². The van der Waals surface area contributed by atoms with E-state index in [-0.39, 0.29) is 26.6 Å². The molecule has 1 aromatic rings. The Morgan fingerprint density at radius 3 is 2.50 bits per heavy atom. The minimum Gasteiger partial charge on any atom is -0.476 e. The molecule has 0 unspecified atom stereocenters. The summed E-state index contributed by atoms with van der Waals surface area (Å²) in [6.45, 7) is 3.72. The van der Waals surface area contributed by atoms with Crippen LogP contribution in [-0.4, -0.2) is 21.8 Å². The molecule has 0 spiro atoms. The molecule has 8 heteroatoms. The van der Waals surface area contributed by atoms with E-state index < -0.39 is 5.97 Å². The molecule has 1 aromatic heterocycles. The maximum atomic E-state index is 10.9. The highest BCUT2D eigenvalue weighted by atomic mass is 35.5. The Morgan fingerprint density at radius 2 is 2.00 bits per heavy atom. The standard InChI is InChI=1S/C10H10Cl3N3O2/c1-3-4(2)15-16-7-5(11)8(10(17)18)14-9(13)6(7)12/h3H2,1-2H3,(H,14,16)(H,17,18)/b15-4-. The van der Waals surface area contributed by atoms with Crippen molar-refractivity contribution in [1.82, 2.24) is 4.98 Å². The van der Waals surface area contributed by atoms with Crippen molar-refractivity contribution in [3.8, 4) is 0 Å². The van der Waals surface area contributed by atoms with Crippen LogP contribution in [0.1, 0.15) is 30.8 Å². The van der Waals surface area contributed by atoms with Crippen LogP contribution in [0.25, 0.3) is 0 Å². The third kappa shape index (κ3) is 3.25. The van der Waals surface area contributed by atoms with Crippen LogP contribution in [0.4, 0.5) is 5.69 Å². The summed E-state index contributed by atoms with van der Waals surface area (Å²) >= 11 is 17.5. The predicted octanol–water partition coefficient (Wildman–Crippen LogP) is 3.94. The molecule has 0 amide bonds. The predicted molar refractivity (Wildman–Crippen MR) is 73.2 cm³/mol. The van der Waals surface area contributed by atoms with Crippen LogP contribution < -0.4 is 5.43 Å². The lowest BCUT2D eigenvalue weighted by atomic mass is 10.3. The van der Waals surface area contributed by atoms with Gasteiger partial charge in [0.05, 0.1) is 5.69 Å². The minimum atomic E-state index is -1.29. The van der Waals surface area contributed by atoms with Crippen molar-refractivity contribution in [1.29, 1.82) is 0 Å². The summed E-state index contributed by atoms with van der Waals surface area (Å²) in [6, 6.07) is 0. The second kappa shape index (κ2) is 6.22. The van der Waals surface area contributed by atoms with E-state index in [2.05, 4.69) is 15.5 Å². The van der Waals surface area contributed by atoms with Crippen molar-refractivity contribution >= 4 is 52.2 Å². The van der Waals surface area contributed by atoms with Gasteiger partial charge in [0.25, 0.3) is 0 Å². The topological polar surface area (TPSA) is 74.6 Å². The van der Waals surface area contributed by atoms with Crippen LogP contribution in [0.15, 0.2) is 5.10 Å². The minimum absolute atomic E-state index is 0.0271. The van der Waals surface area contributed by atoms with Gasteiger partial charge in [-0.05, 0) is 13.3 Å². The molecule has 18 heavy (non-hydrogen) atoms. The monoisotopic (exact) mass is 309 g/mol. The Balaban J connectivity index is 3.29. The first-order valence-electron chi connectivity index (χ1n) is 4.95. The fraction of sp³-hybridized carbons (Fsp3) is 0.300. The van der Waals surface area contributed by atoms with Gasteiger partial charge in [0.1, 0.15) is 10.0 Å². The van der Waals surface area contributed by atoms with Crippen LogP contribution in [0.2, 0.25) is 15.2 Å². The normalized spacial score (nSPS) is 11.5. The van der Waals surface area contributed by atoms with Crippen molar-refractivity contribution < 1.29 is 9.90 Å². The molecule has 0 aliphatic rings. The number of nitrogens with zero attached hydrogens (tertiary/aromatic N) is 2. The summed E-state index contributed by atoms with van der Waals surface area (Å²) < 4.78 is 0. The number of carbonyl (C=O) groups is 1. The van der Waals surface area contributed by atoms with Crippen molar-refractivity contribution in [2.75, 3.05) is 5.43 Å². The van der Waals surface area contributed by atoms with Crippen LogP contribution in [0, 0.1) is 0 Å². The maximum Gasteiger partial charge on any atom is 0.356 e. The fourth-order valence-electron chi connectivity index (χ4n) is 0.984. The third-order valence-electron chi connectivity index (χ3n) is 2.11. The van der Waals surface area contributed by atoms with Crippen molar-refractivity contribution in [3.05, 3.63) is 20.9 Å². The summed E-state index contributed by atoms with van der Waals surface area (Å²) in [7, 11) is 0. The van der Waals surface area contributed by atoms with E-state index in [0.717, 1.165) is 12.1 Å². The zero-order chi connectivity index (χ0) is 13.9. The molecule has 0 radical (unpaired) electrons. The van der Waals surface area contributed by atoms with E-state index in [1.54, 1.807) is 6.92 Å². The number of pyridine rings is 1. The number of carboxylic acid groups (broad SMARTS) is 1. The zero-order valence-electron chi connectivity index (χ0n) is 9.59. The summed E-state index contributed by atoms with van der Waals surface area (Å²) in [5, 5.41) is 12.7. The summed E-state index contributed by atoms with van der Waals surface area (Å²) in [4.78, 5) is 14.5. The molecular weight excluding hydrogens is 300 g/mol. The van der Waals surface area contributed by atoms with E-state index >= 15 is 0 Å². The molecule has 1 heterocycles. The Kier molecular flexibility index (Phi) is 5.19. The van der Waals surface area contributed by atoms with Crippen molar-refractivity contribution in [2.45, 2.75) is 20.3 Å². The SMILES string of the molecule is CC/C(C)=N\Nc1c(Cl)c(Cl)nc(C(=O)O)c1Cl. The first-order chi connectivity index (χ1) is 8.38. The lowest BCUT2D eigenvalue weighted by Crippen LogP contribution is -2.06. The Morgan fingerprint density at radius 1 is 1.39 bits per heavy atom. The van der Waals surface area contributed by atoms with Gasteiger partial charge in [-0.1, -0.05) is 41.7 Å². The highest BCUT2D eigenvalue weighted by Crippen LogP contribution is 2.36. The number of rotatable bonds is 4.